The molecule has 3 nitrogen and oxygen atoms in total. The van der Waals surface area contributed by atoms with E-state index in [-0.39, 0.29) is 36.3 Å². The lowest BCUT2D eigenvalue weighted by Gasteiger charge is -2.05. The molecule has 0 aliphatic rings. The van der Waals surface area contributed by atoms with Gasteiger partial charge >= 0.3 is 0 Å². The van der Waals surface area contributed by atoms with Crippen molar-refractivity contribution in [1.29, 1.82) is 0 Å². The van der Waals surface area contributed by atoms with Crippen LogP contribution in [0, 0.1) is 5.82 Å². The number of nitrogens with zero attached hydrogens (tertiary/aromatic N) is 1. The van der Waals surface area contributed by atoms with Crippen LogP contribution in [0.25, 0.3) is 0 Å². The molecule has 0 unspecified atom stereocenters. The van der Waals surface area contributed by atoms with Gasteiger partial charge in [0.1, 0.15) is 5.82 Å². The summed E-state index contributed by atoms with van der Waals surface area (Å²) < 4.78 is 13.2. The second kappa shape index (κ2) is 8.05. The number of rotatable bonds is 4. The van der Waals surface area contributed by atoms with Gasteiger partial charge in [-0.2, -0.15) is 0 Å². The molecule has 1 aromatic carbocycles. The molecule has 0 spiro atoms. The lowest BCUT2D eigenvalue weighted by Crippen LogP contribution is -2.32. The summed E-state index contributed by atoms with van der Waals surface area (Å²) >= 11 is 0. The monoisotopic (exact) mass is 349 g/mol. The average Bonchev–Trinajstić information content (AvgIpc) is 2.25. The molecule has 0 saturated carbocycles. The molecule has 0 fully saturated rings. The highest BCUT2D eigenvalue weighted by Gasteiger charge is 1.99. The van der Waals surface area contributed by atoms with Gasteiger partial charge in [0.15, 0.2) is 5.96 Å². The minimum atomic E-state index is -0.265. The second-order valence-corrected chi connectivity index (χ2v) is 3.60. The van der Waals surface area contributed by atoms with Crippen LogP contribution in [0.4, 0.5) is 4.39 Å². The highest BCUT2D eigenvalue weighted by Crippen LogP contribution is 2.06. The molecule has 0 heterocycles. The fraction of sp³-hybridized carbons (Fsp3) is 0.250. The minimum absolute atomic E-state index is 0. The number of nitrogens with one attached hydrogen (secondary N) is 1. The van der Waals surface area contributed by atoms with Gasteiger partial charge in [0.05, 0.1) is 6.54 Å². The van der Waals surface area contributed by atoms with Crippen LogP contribution in [0.3, 0.4) is 0 Å². The highest BCUT2D eigenvalue weighted by molar-refractivity contribution is 14.0. The molecule has 0 aliphatic carbocycles. The molecule has 5 heteroatoms. The SMILES string of the molecule is C=C(C)CNC(N)=NCc1ccccc1F.I. The summed E-state index contributed by atoms with van der Waals surface area (Å²) in [5.41, 5.74) is 7.09. The van der Waals surface area contributed by atoms with Crippen LogP contribution in [-0.4, -0.2) is 12.5 Å². The Bertz CT molecular complexity index is 404. The third kappa shape index (κ3) is 6.25. The summed E-state index contributed by atoms with van der Waals surface area (Å²) in [6, 6.07) is 6.50. The molecule has 0 amide bonds. The Morgan fingerprint density at radius 3 is 2.71 bits per heavy atom. The smallest absolute Gasteiger partial charge is 0.189 e. The Hall–Kier alpha value is -1.11. The van der Waals surface area contributed by atoms with Gasteiger partial charge in [0.2, 0.25) is 0 Å². The van der Waals surface area contributed by atoms with Crippen LogP contribution in [-0.2, 0) is 6.54 Å². The first-order valence-electron chi connectivity index (χ1n) is 5.01. The fourth-order valence-corrected chi connectivity index (χ4v) is 1.09. The van der Waals surface area contributed by atoms with E-state index in [4.69, 9.17) is 5.73 Å². The van der Waals surface area contributed by atoms with Crippen molar-refractivity contribution in [3.05, 3.63) is 47.8 Å². The summed E-state index contributed by atoms with van der Waals surface area (Å²) in [4.78, 5) is 4.03. The lowest BCUT2D eigenvalue weighted by molar-refractivity contribution is 0.610. The molecule has 1 rings (SSSR count). The molecule has 0 saturated heterocycles. The van der Waals surface area contributed by atoms with Crippen molar-refractivity contribution in [2.75, 3.05) is 6.54 Å². The molecule has 0 bridgehead atoms. The van der Waals surface area contributed by atoms with Crippen LogP contribution < -0.4 is 11.1 Å². The first kappa shape index (κ1) is 15.9. The van der Waals surface area contributed by atoms with Gasteiger partial charge in [-0.3, -0.25) is 0 Å². The lowest BCUT2D eigenvalue weighted by atomic mass is 10.2. The Balaban J connectivity index is 0.00000256. The zero-order valence-electron chi connectivity index (χ0n) is 9.74. The number of aliphatic imine (C=N–C) groups is 1. The van der Waals surface area contributed by atoms with Gasteiger partial charge in [-0.05, 0) is 13.0 Å². The van der Waals surface area contributed by atoms with E-state index >= 15 is 0 Å². The van der Waals surface area contributed by atoms with E-state index in [1.54, 1.807) is 18.2 Å². The molecule has 0 atom stereocenters. The van der Waals surface area contributed by atoms with Gasteiger partial charge in [0, 0.05) is 12.1 Å². The van der Waals surface area contributed by atoms with Crippen LogP contribution in [0.1, 0.15) is 12.5 Å². The maximum atomic E-state index is 13.2. The standard InChI is InChI=1S/C12H16FN3.HI/c1-9(2)7-15-12(14)16-8-10-5-3-4-6-11(10)13;/h3-6H,1,7-8H2,2H3,(H3,14,15,16);1H. The molecule has 3 N–H and O–H groups in total. The van der Waals surface area contributed by atoms with Crippen LogP contribution >= 0.6 is 24.0 Å². The molecule has 94 valence electrons. The highest BCUT2D eigenvalue weighted by atomic mass is 127. The molecular formula is C12H17FIN3. The predicted molar refractivity (Wildman–Crippen MR) is 80.0 cm³/mol. The predicted octanol–water partition coefficient (Wildman–Crippen LogP) is 2.42. The first-order chi connectivity index (χ1) is 7.59. The van der Waals surface area contributed by atoms with Crippen LogP contribution in [0.5, 0.6) is 0 Å². The fourth-order valence-electron chi connectivity index (χ4n) is 1.09. The number of halogens is 2. The van der Waals surface area contributed by atoms with Crippen molar-refractivity contribution in [2.24, 2.45) is 10.7 Å². The molecule has 17 heavy (non-hydrogen) atoms. The number of benzene rings is 1. The van der Waals surface area contributed by atoms with Crippen molar-refractivity contribution < 1.29 is 4.39 Å². The van der Waals surface area contributed by atoms with Crippen LogP contribution in [0.15, 0.2) is 41.4 Å². The van der Waals surface area contributed by atoms with E-state index in [0.29, 0.717) is 18.1 Å². The molecule has 0 radical (unpaired) electrons. The van der Waals surface area contributed by atoms with Gasteiger partial charge in [-0.25, -0.2) is 9.38 Å². The quantitative estimate of drug-likeness (QED) is 0.380. The maximum Gasteiger partial charge on any atom is 0.189 e. The summed E-state index contributed by atoms with van der Waals surface area (Å²) in [6.45, 7) is 6.43. The van der Waals surface area contributed by atoms with Crippen molar-refractivity contribution >= 4 is 29.9 Å². The van der Waals surface area contributed by atoms with E-state index in [1.807, 2.05) is 6.92 Å². The van der Waals surface area contributed by atoms with Gasteiger partial charge in [-0.15, -0.1) is 24.0 Å². The first-order valence-corrected chi connectivity index (χ1v) is 5.01. The largest absolute Gasteiger partial charge is 0.370 e. The molecule has 0 aromatic heterocycles. The third-order valence-corrected chi connectivity index (χ3v) is 1.95. The maximum absolute atomic E-state index is 13.2. The summed E-state index contributed by atoms with van der Waals surface area (Å²) in [5, 5.41) is 2.88. The Kier molecular flexibility index (Phi) is 7.53. The van der Waals surface area contributed by atoms with Gasteiger partial charge in [0.25, 0.3) is 0 Å². The molecule has 1 aromatic rings. The number of guanidine groups is 1. The van der Waals surface area contributed by atoms with E-state index in [2.05, 4.69) is 16.9 Å². The van der Waals surface area contributed by atoms with Crippen molar-refractivity contribution in [3.63, 3.8) is 0 Å². The number of hydrogen-bond acceptors (Lipinski definition) is 1. The van der Waals surface area contributed by atoms with E-state index in [1.165, 1.54) is 6.07 Å². The van der Waals surface area contributed by atoms with Crippen LogP contribution in [0.2, 0.25) is 0 Å². The Morgan fingerprint density at radius 2 is 2.12 bits per heavy atom. The van der Waals surface area contributed by atoms with E-state index < -0.39 is 0 Å². The van der Waals surface area contributed by atoms with Gasteiger partial charge in [-0.1, -0.05) is 30.4 Å². The Morgan fingerprint density at radius 1 is 1.47 bits per heavy atom. The summed E-state index contributed by atoms with van der Waals surface area (Å²) in [7, 11) is 0. The van der Waals surface area contributed by atoms with Gasteiger partial charge < -0.3 is 11.1 Å². The van der Waals surface area contributed by atoms with Crippen molar-refractivity contribution in [2.45, 2.75) is 13.5 Å². The number of nitrogens with two attached hydrogens (primary N) is 1. The topological polar surface area (TPSA) is 50.4 Å². The molecule has 0 aliphatic heterocycles. The Labute approximate surface area is 118 Å². The average molecular weight is 349 g/mol. The minimum Gasteiger partial charge on any atom is -0.370 e. The van der Waals surface area contributed by atoms with Crippen molar-refractivity contribution in [3.8, 4) is 0 Å². The molecular weight excluding hydrogens is 332 g/mol. The third-order valence-electron chi connectivity index (χ3n) is 1.95. The number of hydrogen-bond donors (Lipinski definition) is 2. The van der Waals surface area contributed by atoms with Crippen molar-refractivity contribution in [1.82, 2.24) is 5.32 Å². The summed E-state index contributed by atoms with van der Waals surface area (Å²) in [5.74, 6) is 0.0326. The van der Waals surface area contributed by atoms with E-state index in [0.717, 1.165) is 5.57 Å². The summed E-state index contributed by atoms with van der Waals surface area (Å²) in [6.07, 6.45) is 0. The van der Waals surface area contributed by atoms with E-state index in [9.17, 15) is 4.39 Å². The second-order valence-electron chi connectivity index (χ2n) is 3.60. The normalized spacial score (nSPS) is 10.6. The zero-order valence-corrected chi connectivity index (χ0v) is 12.1. The zero-order chi connectivity index (χ0) is 12.0.